The predicted molar refractivity (Wildman–Crippen MR) is 69.9 cm³/mol. The monoisotopic (exact) mass is 236 g/mol. The van der Waals surface area contributed by atoms with E-state index in [9.17, 15) is 4.79 Å². The second-order valence-corrected chi connectivity index (χ2v) is 4.02. The Hall–Kier alpha value is -1.26. The Kier molecular flexibility index (Phi) is 5.67. The number of carbonyl (C=O) groups excluding carboxylic acids is 1. The summed E-state index contributed by atoms with van der Waals surface area (Å²) in [6, 6.07) is 7.75. The van der Waals surface area contributed by atoms with Crippen molar-refractivity contribution in [1.82, 2.24) is 5.32 Å². The van der Waals surface area contributed by atoms with Gasteiger partial charge in [0.2, 0.25) is 5.91 Å². The van der Waals surface area contributed by atoms with E-state index in [2.05, 4.69) is 17.2 Å². The van der Waals surface area contributed by atoms with Crippen LogP contribution in [0.25, 0.3) is 0 Å². The molecule has 1 amide bonds. The molecular weight excluding hydrogens is 220 g/mol. The van der Waals surface area contributed by atoms with Crippen LogP contribution in [-0.4, -0.2) is 25.3 Å². The molecule has 16 heavy (non-hydrogen) atoms. The Labute approximate surface area is 100 Å². The molecule has 0 fully saturated rings. The van der Waals surface area contributed by atoms with E-state index in [0.29, 0.717) is 13.1 Å². The van der Waals surface area contributed by atoms with Crippen LogP contribution in [0.3, 0.4) is 0 Å². The van der Waals surface area contributed by atoms with Crippen LogP contribution in [0.2, 0.25) is 0 Å². The van der Waals surface area contributed by atoms with E-state index in [-0.39, 0.29) is 5.91 Å². The predicted octanol–water partition coefficient (Wildman–Crippen LogP) is 2.12. The van der Waals surface area contributed by atoms with E-state index in [1.807, 2.05) is 30.5 Å². The van der Waals surface area contributed by atoms with Crippen molar-refractivity contribution < 1.29 is 4.79 Å². The Morgan fingerprint density at radius 1 is 1.50 bits per heavy atom. The number of hydrogen-bond donors (Lipinski definition) is 2. The van der Waals surface area contributed by atoms with Crippen LogP contribution in [0.15, 0.2) is 41.8 Å². The lowest BCUT2D eigenvalue weighted by molar-refractivity contribution is -0.115. The second-order valence-electron chi connectivity index (χ2n) is 3.17. The molecule has 0 heterocycles. The first-order valence-electron chi connectivity index (χ1n) is 5.02. The quantitative estimate of drug-likeness (QED) is 0.451. The van der Waals surface area contributed by atoms with Gasteiger partial charge in [0.15, 0.2) is 0 Å². The van der Waals surface area contributed by atoms with Crippen molar-refractivity contribution in [3.05, 3.63) is 36.9 Å². The van der Waals surface area contributed by atoms with Crippen molar-refractivity contribution in [3.63, 3.8) is 0 Å². The highest BCUT2D eigenvalue weighted by molar-refractivity contribution is 7.98. The minimum Gasteiger partial charge on any atom is -0.324 e. The van der Waals surface area contributed by atoms with Crippen molar-refractivity contribution in [1.29, 1.82) is 0 Å². The van der Waals surface area contributed by atoms with Crippen molar-refractivity contribution in [2.24, 2.45) is 0 Å². The molecule has 1 rings (SSSR count). The zero-order valence-corrected chi connectivity index (χ0v) is 10.1. The average Bonchev–Trinajstić information content (AvgIpc) is 2.30. The number of carbonyl (C=O) groups is 1. The van der Waals surface area contributed by atoms with Crippen molar-refractivity contribution in [3.8, 4) is 0 Å². The van der Waals surface area contributed by atoms with Crippen molar-refractivity contribution in [2.45, 2.75) is 4.90 Å². The molecule has 0 saturated heterocycles. The molecular formula is C12H16N2OS. The summed E-state index contributed by atoms with van der Waals surface area (Å²) in [5.74, 6) is -0.0386. The Balaban J connectivity index is 2.52. The number of nitrogens with one attached hydrogen (secondary N) is 2. The molecule has 1 aromatic rings. The first-order chi connectivity index (χ1) is 7.77. The van der Waals surface area contributed by atoms with Gasteiger partial charge in [-0.3, -0.25) is 4.79 Å². The Morgan fingerprint density at radius 3 is 2.94 bits per heavy atom. The number of rotatable bonds is 6. The maximum absolute atomic E-state index is 11.5. The summed E-state index contributed by atoms with van der Waals surface area (Å²) in [5, 5.41) is 5.82. The standard InChI is InChI=1S/C12H16N2OS/c1-3-8-13-9-12(15)14-10-6-4-5-7-11(10)16-2/h3-7,13H,1,8-9H2,2H3,(H,14,15). The van der Waals surface area contributed by atoms with E-state index in [0.717, 1.165) is 10.6 Å². The van der Waals surface area contributed by atoms with Crippen LogP contribution >= 0.6 is 11.8 Å². The van der Waals surface area contributed by atoms with Gasteiger partial charge < -0.3 is 10.6 Å². The smallest absolute Gasteiger partial charge is 0.238 e. The normalized spacial score (nSPS) is 9.81. The number of para-hydroxylation sites is 1. The van der Waals surface area contributed by atoms with E-state index < -0.39 is 0 Å². The van der Waals surface area contributed by atoms with Gasteiger partial charge in [-0.1, -0.05) is 18.2 Å². The van der Waals surface area contributed by atoms with Crippen LogP contribution in [0, 0.1) is 0 Å². The summed E-state index contributed by atoms with van der Waals surface area (Å²) >= 11 is 1.61. The van der Waals surface area contributed by atoms with E-state index in [1.54, 1.807) is 17.8 Å². The summed E-state index contributed by atoms with van der Waals surface area (Å²) in [4.78, 5) is 12.6. The minimum atomic E-state index is -0.0386. The third-order valence-corrected chi connectivity index (χ3v) is 2.75. The largest absolute Gasteiger partial charge is 0.324 e. The van der Waals surface area contributed by atoms with Gasteiger partial charge in [-0.2, -0.15) is 0 Å². The molecule has 0 bridgehead atoms. The third-order valence-electron chi connectivity index (χ3n) is 1.96. The highest BCUT2D eigenvalue weighted by atomic mass is 32.2. The molecule has 0 saturated carbocycles. The Bertz CT molecular complexity index is 366. The van der Waals surface area contributed by atoms with Gasteiger partial charge in [-0.25, -0.2) is 0 Å². The van der Waals surface area contributed by atoms with E-state index in [4.69, 9.17) is 0 Å². The topological polar surface area (TPSA) is 41.1 Å². The molecule has 0 aromatic heterocycles. The van der Waals surface area contributed by atoms with Gasteiger partial charge in [0.05, 0.1) is 12.2 Å². The zero-order valence-electron chi connectivity index (χ0n) is 9.32. The van der Waals surface area contributed by atoms with Gasteiger partial charge in [-0.05, 0) is 18.4 Å². The fourth-order valence-electron chi connectivity index (χ4n) is 1.23. The SMILES string of the molecule is C=CCNCC(=O)Nc1ccccc1SC. The molecule has 0 atom stereocenters. The summed E-state index contributed by atoms with van der Waals surface area (Å²) in [6.45, 7) is 4.51. The molecule has 2 N–H and O–H groups in total. The number of benzene rings is 1. The molecule has 0 radical (unpaired) electrons. The lowest BCUT2D eigenvalue weighted by Crippen LogP contribution is -2.28. The summed E-state index contributed by atoms with van der Waals surface area (Å²) < 4.78 is 0. The maximum Gasteiger partial charge on any atom is 0.238 e. The molecule has 0 unspecified atom stereocenters. The highest BCUT2D eigenvalue weighted by Gasteiger charge is 2.04. The lowest BCUT2D eigenvalue weighted by atomic mass is 10.3. The van der Waals surface area contributed by atoms with Gasteiger partial charge in [0, 0.05) is 11.4 Å². The van der Waals surface area contributed by atoms with Gasteiger partial charge in [0.25, 0.3) is 0 Å². The van der Waals surface area contributed by atoms with Gasteiger partial charge in [0.1, 0.15) is 0 Å². The number of thioether (sulfide) groups is 1. The molecule has 0 spiro atoms. The lowest BCUT2D eigenvalue weighted by Gasteiger charge is -2.09. The van der Waals surface area contributed by atoms with Crippen LogP contribution in [0.5, 0.6) is 0 Å². The van der Waals surface area contributed by atoms with Crippen LogP contribution in [-0.2, 0) is 4.79 Å². The van der Waals surface area contributed by atoms with Crippen LogP contribution < -0.4 is 10.6 Å². The fraction of sp³-hybridized carbons (Fsp3) is 0.250. The van der Waals surface area contributed by atoms with Crippen molar-refractivity contribution >= 4 is 23.4 Å². The summed E-state index contributed by atoms with van der Waals surface area (Å²) in [5.41, 5.74) is 0.861. The first-order valence-corrected chi connectivity index (χ1v) is 6.25. The molecule has 4 heteroatoms. The van der Waals surface area contributed by atoms with Gasteiger partial charge in [-0.15, -0.1) is 18.3 Å². The summed E-state index contributed by atoms with van der Waals surface area (Å²) in [7, 11) is 0. The van der Waals surface area contributed by atoms with E-state index >= 15 is 0 Å². The highest BCUT2D eigenvalue weighted by Crippen LogP contribution is 2.24. The average molecular weight is 236 g/mol. The fourth-order valence-corrected chi connectivity index (χ4v) is 1.78. The van der Waals surface area contributed by atoms with Crippen LogP contribution in [0.4, 0.5) is 5.69 Å². The Morgan fingerprint density at radius 2 is 2.25 bits per heavy atom. The number of hydrogen-bond acceptors (Lipinski definition) is 3. The zero-order chi connectivity index (χ0) is 11.8. The van der Waals surface area contributed by atoms with E-state index in [1.165, 1.54) is 0 Å². The van der Waals surface area contributed by atoms with Crippen molar-refractivity contribution in [2.75, 3.05) is 24.7 Å². The molecule has 0 aliphatic rings. The van der Waals surface area contributed by atoms with Crippen LogP contribution in [0.1, 0.15) is 0 Å². The third kappa shape index (κ3) is 4.08. The molecule has 3 nitrogen and oxygen atoms in total. The molecule has 86 valence electrons. The molecule has 1 aromatic carbocycles. The minimum absolute atomic E-state index is 0.0386. The maximum atomic E-state index is 11.5. The second kappa shape index (κ2) is 7.09. The number of anilines is 1. The van der Waals surface area contributed by atoms with Gasteiger partial charge >= 0.3 is 0 Å². The summed E-state index contributed by atoms with van der Waals surface area (Å²) in [6.07, 6.45) is 3.71. The number of amides is 1. The first kappa shape index (κ1) is 12.8. The molecule has 0 aliphatic carbocycles. The molecule has 0 aliphatic heterocycles.